The molecule has 3 nitrogen and oxygen atoms in total. The van der Waals surface area contributed by atoms with Gasteiger partial charge in [0.05, 0.1) is 11.6 Å². The van der Waals surface area contributed by atoms with Gasteiger partial charge < -0.3 is 10.1 Å². The predicted octanol–water partition coefficient (Wildman–Crippen LogP) is 3.78. The number of hydrogen-bond acceptors (Lipinski definition) is 4. The van der Waals surface area contributed by atoms with Gasteiger partial charge in [-0.1, -0.05) is 28.1 Å². The molecule has 2 rings (SSSR count). The number of hydrogen-bond donors (Lipinski definition) is 1. The van der Waals surface area contributed by atoms with Crippen molar-refractivity contribution < 1.29 is 4.74 Å². The second kappa shape index (κ2) is 8.63. The van der Waals surface area contributed by atoms with Crippen LogP contribution in [0.15, 0.2) is 34.9 Å². The Bertz CT molecular complexity index is 541. The molecule has 1 heterocycles. The van der Waals surface area contributed by atoms with Crippen LogP contribution in [0.4, 0.5) is 0 Å². The van der Waals surface area contributed by atoms with Crippen LogP contribution in [-0.4, -0.2) is 31.8 Å². The van der Waals surface area contributed by atoms with E-state index in [1.807, 2.05) is 6.20 Å². The molecule has 1 aromatic heterocycles. The number of ether oxygens (including phenoxy) is 1. The Kier molecular flexibility index (Phi) is 6.83. The van der Waals surface area contributed by atoms with Crippen molar-refractivity contribution in [3.8, 4) is 0 Å². The highest BCUT2D eigenvalue weighted by Gasteiger charge is 2.13. The van der Waals surface area contributed by atoms with E-state index in [1.165, 1.54) is 10.4 Å². The second-order valence-electron chi connectivity index (χ2n) is 5.00. The molecule has 0 radical (unpaired) electrons. The van der Waals surface area contributed by atoms with Gasteiger partial charge >= 0.3 is 0 Å². The zero-order valence-corrected chi connectivity index (χ0v) is 14.8. The minimum absolute atomic E-state index is 0.454. The SMILES string of the molecule is COCCNCC(Cc1cnc(C)s1)c1ccc(Br)cc1. The van der Waals surface area contributed by atoms with Crippen LogP contribution in [0.2, 0.25) is 0 Å². The standard InChI is InChI=1S/C16H21BrN2OS/c1-12-19-11-16(21-12)9-14(10-18-7-8-20-2)13-3-5-15(17)6-4-13/h3-6,11,14,18H,7-10H2,1-2H3. The minimum atomic E-state index is 0.454. The summed E-state index contributed by atoms with van der Waals surface area (Å²) < 4.78 is 6.21. The van der Waals surface area contributed by atoms with Gasteiger partial charge in [-0.25, -0.2) is 4.98 Å². The zero-order chi connectivity index (χ0) is 15.1. The average molecular weight is 369 g/mol. The molecule has 0 bridgehead atoms. The molecule has 0 aliphatic heterocycles. The first-order valence-corrected chi connectivity index (χ1v) is 8.66. The lowest BCUT2D eigenvalue weighted by Gasteiger charge is -2.17. The smallest absolute Gasteiger partial charge is 0.0896 e. The van der Waals surface area contributed by atoms with E-state index in [2.05, 4.69) is 57.4 Å². The van der Waals surface area contributed by atoms with Crippen LogP contribution in [0.3, 0.4) is 0 Å². The van der Waals surface area contributed by atoms with E-state index < -0.39 is 0 Å². The highest BCUT2D eigenvalue weighted by atomic mass is 79.9. The molecule has 21 heavy (non-hydrogen) atoms. The number of methoxy groups -OCH3 is 1. The predicted molar refractivity (Wildman–Crippen MR) is 92.2 cm³/mol. The van der Waals surface area contributed by atoms with E-state index in [4.69, 9.17) is 4.74 Å². The highest BCUT2D eigenvalue weighted by molar-refractivity contribution is 9.10. The lowest BCUT2D eigenvalue weighted by molar-refractivity contribution is 0.199. The summed E-state index contributed by atoms with van der Waals surface area (Å²) in [7, 11) is 1.73. The van der Waals surface area contributed by atoms with Gasteiger partial charge in [0.2, 0.25) is 0 Å². The summed E-state index contributed by atoms with van der Waals surface area (Å²) in [6.07, 6.45) is 3.02. The van der Waals surface area contributed by atoms with Gasteiger partial charge in [-0.3, -0.25) is 0 Å². The Morgan fingerprint density at radius 1 is 1.33 bits per heavy atom. The maximum atomic E-state index is 5.09. The van der Waals surface area contributed by atoms with Gasteiger partial charge in [-0.15, -0.1) is 11.3 Å². The number of nitrogens with one attached hydrogen (secondary N) is 1. The molecule has 0 amide bonds. The van der Waals surface area contributed by atoms with E-state index in [0.717, 1.165) is 35.6 Å². The normalized spacial score (nSPS) is 12.5. The molecule has 0 saturated heterocycles. The lowest BCUT2D eigenvalue weighted by atomic mass is 9.95. The van der Waals surface area contributed by atoms with Crippen LogP contribution in [0.1, 0.15) is 21.4 Å². The number of aryl methyl sites for hydroxylation is 1. The largest absolute Gasteiger partial charge is 0.383 e. The lowest BCUT2D eigenvalue weighted by Crippen LogP contribution is -2.26. The Morgan fingerprint density at radius 2 is 2.10 bits per heavy atom. The van der Waals surface area contributed by atoms with Crippen molar-refractivity contribution >= 4 is 27.3 Å². The highest BCUT2D eigenvalue weighted by Crippen LogP contribution is 2.25. The minimum Gasteiger partial charge on any atom is -0.383 e. The molecule has 0 saturated carbocycles. The van der Waals surface area contributed by atoms with E-state index in [0.29, 0.717) is 5.92 Å². The van der Waals surface area contributed by atoms with Gasteiger partial charge in [-0.2, -0.15) is 0 Å². The van der Waals surface area contributed by atoms with Crippen LogP contribution < -0.4 is 5.32 Å². The third-order valence-corrected chi connectivity index (χ3v) is 4.80. The molecule has 1 N–H and O–H groups in total. The maximum Gasteiger partial charge on any atom is 0.0896 e. The third kappa shape index (κ3) is 5.51. The fourth-order valence-electron chi connectivity index (χ4n) is 2.24. The van der Waals surface area contributed by atoms with Crippen molar-refractivity contribution in [3.63, 3.8) is 0 Å². The van der Waals surface area contributed by atoms with Crippen LogP contribution in [-0.2, 0) is 11.2 Å². The molecule has 0 aliphatic carbocycles. The molecule has 0 aliphatic rings. The molecule has 2 aromatic rings. The first-order valence-electron chi connectivity index (χ1n) is 7.05. The maximum absolute atomic E-state index is 5.09. The Morgan fingerprint density at radius 3 is 2.71 bits per heavy atom. The Balaban J connectivity index is 2.04. The summed E-state index contributed by atoms with van der Waals surface area (Å²) in [5.41, 5.74) is 1.36. The number of halogens is 1. The Labute approximate surface area is 138 Å². The first kappa shape index (κ1) is 16.6. The topological polar surface area (TPSA) is 34.1 Å². The molecular weight excluding hydrogens is 348 g/mol. The number of nitrogens with zero attached hydrogens (tertiary/aromatic N) is 1. The van der Waals surface area contributed by atoms with Crippen molar-refractivity contribution in [1.82, 2.24) is 10.3 Å². The van der Waals surface area contributed by atoms with Crippen molar-refractivity contribution in [1.29, 1.82) is 0 Å². The molecule has 1 aromatic carbocycles. The summed E-state index contributed by atoms with van der Waals surface area (Å²) in [6.45, 7) is 4.62. The van der Waals surface area contributed by atoms with E-state index in [-0.39, 0.29) is 0 Å². The first-order chi connectivity index (χ1) is 10.2. The van der Waals surface area contributed by atoms with Gasteiger partial charge in [-0.05, 0) is 31.0 Å². The number of rotatable bonds is 8. The van der Waals surface area contributed by atoms with Crippen molar-refractivity contribution in [2.45, 2.75) is 19.3 Å². The molecule has 0 spiro atoms. The summed E-state index contributed by atoms with van der Waals surface area (Å²) in [6, 6.07) is 8.60. The van der Waals surface area contributed by atoms with Crippen molar-refractivity contribution in [2.75, 3.05) is 26.8 Å². The van der Waals surface area contributed by atoms with Gasteiger partial charge in [0.1, 0.15) is 0 Å². The molecule has 5 heteroatoms. The van der Waals surface area contributed by atoms with Gasteiger partial charge in [0.25, 0.3) is 0 Å². The van der Waals surface area contributed by atoms with Gasteiger partial charge in [0, 0.05) is 41.7 Å². The summed E-state index contributed by atoms with van der Waals surface area (Å²) in [4.78, 5) is 5.70. The molecule has 0 fully saturated rings. The second-order valence-corrected chi connectivity index (χ2v) is 7.23. The van der Waals surface area contributed by atoms with Crippen LogP contribution >= 0.6 is 27.3 Å². The monoisotopic (exact) mass is 368 g/mol. The van der Waals surface area contributed by atoms with E-state index in [1.54, 1.807) is 18.4 Å². The number of aromatic nitrogens is 1. The summed E-state index contributed by atoms with van der Waals surface area (Å²) >= 11 is 5.28. The van der Waals surface area contributed by atoms with Gasteiger partial charge in [0.15, 0.2) is 0 Å². The molecule has 114 valence electrons. The number of thiazole rings is 1. The zero-order valence-electron chi connectivity index (χ0n) is 12.4. The number of benzene rings is 1. The quantitative estimate of drug-likeness (QED) is 0.720. The van der Waals surface area contributed by atoms with E-state index >= 15 is 0 Å². The summed E-state index contributed by atoms with van der Waals surface area (Å²) in [5, 5.41) is 4.61. The fourth-order valence-corrected chi connectivity index (χ4v) is 3.37. The molecule has 1 unspecified atom stereocenters. The van der Waals surface area contributed by atoms with Crippen LogP contribution in [0.5, 0.6) is 0 Å². The van der Waals surface area contributed by atoms with Crippen molar-refractivity contribution in [2.24, 2.45) is 0 Å². The van der Waals surface area contributed by atoms with Crippen molar-refractivity contribution in [3.05, 3.63) is 50.4 Å². The Hall–Kier alpha value is -0.750. The third-order valence-electron chi connectivity index (χ3n) is 3.33. The van der Waals surface area contributed by atoms with E-state index in [9.17, 15) is 0 Å². The average Bonchev–Trinajstić information content (AvgIpc) is 2.88. The van der Waals surface area contributed by atoms with Crippen LogP contribution in [0, 0.1) is 6.92 Å². The fraction of sp³-hybridized carbons (Fsp3) is 0.438. The summed E-state index contributed by atoms with van der Waals surface area (Å²) in [5.74, 6) is 0.454. The molecule has 1 atom stereocenters. The molecular formula is C16H21BrN2OS. The van der Waals surface area contributed by atoms with Crippen LogP contribution in [0.25, 0.3) is 0 Å².